The maximum absolute atomic E-state index is 13.8. The third-order valence-corrected chi connectivity index (χ3v) is 4.79. The van der Waals surface area contributed by atoms with E-state index in [1.165, 1.54) is 13.2 Å². The van der Waals surface area contributed by atoms with Crippen LogP contribution in [-0.2, 0) is 30.4 Å². The van der Waals surface area contributed by atoms with Crippen LogP contribution in [0.1, 0.15) is 44.1 Å². The van der Waals surface area contributed by atoms with E-state index in [-0.39, 0.29) is 56.2 Å². The van der Waals surface area contributed by atoms with Gasteiger partial charge in [-0.3, -0.25) is 14.5 Å². The van der Waals surface area contributed by atoms with Crippen LogP contribution in [-0.4, -0.2) is 49.9 Å². The SMILES string of the molecule is COC(=O)CCCC/C=C(/F)COCN1CCCC1C(=O)OCc1ccccc1.Cl. The van der Waals surface area contributed by atoms with E-state index in [1.54, 1.807) is 0 Å². The van der Waals surface area contributed by atoms with Crippen LogP contribution in [0.4, 0.5) is 4.39 Å². The highest BCUT2D eigenvalue weighted by Crippen LogP contribution is 2.19. The van der Waals surface area contributed by atoms with Crippen LogP contribution in [0, 0.1) is 0 Å². The quantitative estimate of drug-likeness (QED) is 0.356. The van der Waals surface area contributed by atoms with Crippen molar-refractivity contribution >= 4 is 24.3 Å². The van der Waals surface area contributed by atoms with Crippen molar-refractivity contribution < 1.29 is 28.2 Å². The summed E-state index contributed by atoms with van der Waals surface area (Å²) < 4.78 is 29.2. The molecule has 6 nitrogen and oxygen atoms in total. The number of ether oxygens (including phenoxy) is 3. The smallest absolute Gasteiger partial charge is 0.323 e. The van der Waals surface area contributed by atoms with E-state index in [1.807, 2.05) is 35.2 Å². The summed E-state index contributed by atoms with van der Waals surface area (Å²) in [4.78, 5) is 25.2. The molecule has 1 atom stereocenters. The minimum atomic E-state index is -0.343. The molecule has 0 bridgehead atoms. The second kappa shape index (κ2) is 14.9. The van der Waals surface area contributed by atoms with E-state index < -0.39 is 0 Å². The number of hydrogen-bond donors (Lipinski definition) is 0. The average Bonchev–Trinajstić information content (AvgIpc) is 3.21. The van der Waals surface area contributed by atoms with Gasteiger partial charge < -0.3 is 14.2 Å². The normalized spacial score (nSPS) is 16.7. The molecule has 1 fully saturated rings. The maximum Gasteiger partial charge on any atom is 0.323 e. The Morgan fingerprint density at radius 1 is 1.23 bits per heavy atom. The zero-order valence-corrected chi connectivity index (χ0v) is 18.2. The first kappa shape index (κ1) is 26.1. The first-order chi connectivity index (χ1) is 14.1. The summed E-state index contributed by atoms with van der Waals surface area (Å²) in [6.07, 6.45) is 5.35. The van der Waals surface area contributed by atoms with E-state index in [0.717, 1.165) is 24.9 Å². The molecule has 1 heterocycles. The molecule has 168 valence electrons. The highest BCUT2D eigenvalue weighted by atomic mass is 35.5. The number of esters is 2. The number of nitrogens with zero attached hydrogens (tertiary/aromatic N) is 1. The monoisotopic (exact) mass is 443 g/mol. The molecule has 1 aliphatic rings. The first-order valence-corrected chi connectivity index (χ1v) is 10.0. The highest BCUT2D eigenvalue weighted by Gasteiger charge is 2.32. The van der Waals surface area contributed by atoms with Crippen LogP contribution in [0.3, 0.4) is 0 Å². The maximum atomic E-state index is 13.8. The Hall–Kier alpha value is -1.96. The summed E-state index contributed by atoms with van der Waals surface area (Å²) in [5.74, 6) is -0.859. The number of carbonyl (C=O) groups excluding carboxylic acids is 2. The summed E-state index contributed by atoms with van der Waals surface area (Å²) in [7, 11) is 1.35. The first-order valence-electron chi connectivity index (χ1n) is 10.0. The molecule has 0 aromatic heterocycles. The fourth-order valence-corrected chi connectivity index (χ4v) is 3.17. The van der Waals surface area contributed by atoms with Crippen molar-refractivity contribution in [1.29, 1.82) is 0 Å². The topological polar surface area (TPSA) is 65.1 Å². The Morgan fingerprint density at radius 2 is 2.00 bits per heavy atom. The molecule has 30 heavy (non-hydrogen) atoms. The second-order valence-corrected chi connectivity index (χ2v) is 7.01. The molecule has 0 radical (unpaired) electrons. The molecule has 1 unspecified atom stereocenters. The van der Waals surface area contributed by atoms with Gasteiger partial charge in [-0.1, -0.05) is 36.4 Å². The van der Waals surface area contributed by atoms with E-state index in [2.05, 4.69) is 4.74 Å². The van der Waals surface area contributed by atoms with Crippen molar-refractivity contribution in [2.75, 3.05) is 27.0 Å². The molecule has 0 aliphatic carbocycles. The fraction of sp³-hybridized carbons (Fsp3) is 0.545. The Kier molecular flexibility index (Phi) is 13.0. The molecule has 0 saturated carbocycles. The van der Waals surface area contributed by atoms with Gasteiger partial charge in [0.15, 0.2) is 0 Å². The Bertz CT molecular complexity index is 671. The number of halogens is 2. The Morgan fingerprint density at radius 3 is 2.73 bits per heavy atom. The molecule has 0 spiro atoms. The van der Waals surface area contributed by atoms with Crippen LogP contribution in [0.15, 0.2) is 42.2 Å². The van der Waals surface area contributed by atoms with E-state index >= 15 is 0 Å². The highest BCUT2D eigenvalue weighted by molar-refractivity contribution is 5.85. The van der Waals surface area contributed by atoms with Crippen molar-refractivity contribution in [3.05, 3.63) is 47.8 Å². The van der Waals surface area contributed by atoms with Crippen molar-refractivity contribution in [3.8, 4) is 0 Å². The van der Waals surface area contributed by atoms with Crippen molar-refractivity contribution in [3.63, 3.8) is 0 Å². The molecule has 1 aromatic rings. The molecular formula is C22H31ClFNO5. The van der Waals surface area contributed by atoms with Gasteiger partial charge in [0, 0.05) is 13.0 Å². The van der Waals surface area contributed by atoms with Crippen molar-refractivity contribution in [1.82, 2.24) is 4.90 Å². The predicted molar refractivity (Wildman–Crippen MR) is 114 cm³/mol. The standard InChI is InChI=1S/C22H30FNO5.ClH/c1-27-21(25)13-7-3-6-11-19(23)16-28-17-24-14-8-12-20(24)22(26)29-15-18-9-4-2-5-10-18;/h2,4-5,9-11,20H,3,6-8,12-17H2,1H3;1H/b19-11+;. The summed E-state index contributed by atoms with van der Waals surface area (Å²) in [5.41, 5.74) is 0.945. The van der Waals surface area contributed by atoms with Gasteiger partial charge in [-0.2, -0.15) is 0 Å². The second-order valence-electron chi connectivity index (χ2n) is 7.01. The summed E-state index contributed by atoms with van der Waals surface area (Å²) in [6.45, 7) is 1.04. The van der Waals surface area contributed by atoms with E-state index in [0.29, 0.717) is 25.7 Å². The number of likely N-dealkylation sites (tertiary alicyclic amines) is 1. The zero-order valence-electron chi connectivity index (χ0n) is 17.4. The van der Waals surface area contributed by atoms with Gasteiger partial charge in [0.1, 0.15) is 25.2 Å². The average molecular weight is 444 g/mol. The molecule has 0 amide bonds. The molecule has 8 heteroatoms. The van der Waals surface area contributed by atoms with Crippen LogP contribution >= 0.6 is 12.4 Å². The molecule has 1 aliphatic heterocycles. The number of allylic oxidation sites excluding steroid dienone is 1. The van der Waals surface area contributed by atoms with Crippen LogP contribution in [0.2, 0.25) is 0 Å². The minimum absolute atomic E-state index is 0. The Balaban J connectivity index is 0.00000450. The lowest BCUT2D eigenvalue weighted by atomic mass is 10.2. The zero-order chi connectivity index (χ0) is 20.9. The number of methoxy groups -OCH3 is 1. The summed E-state index contributed by atoms with van der Waals surface area (Å²) >= 11 is 0. The fourth-order valence-electron chi connectivity index (χ4n) is 3.17. The summed E-state index contributed by atoms with van der Waals surface area (Å²) in [5, 5.41) is 0. The van der Waals surface area contributed by atoms with Gasteiger partial charge >= 0.3 is 11.9 Å². The Labute approximate surface area is 183 Å². The van der Waals surface area contributed by atoms with Gasteiger partial charge in [0.2, 0.25) is 0 Å². The summed E-state index contributed by atoms with van der Waals surface area (Å²) in [6, 6.07) is 9.20. The third-order valence-electron chi connectivity index (χ3n) is 4.79. The van der Waals surface area contributed by atoms with E-state index in [9.17, 15) is 14.0 Å². The van der Waals surface area contributed by atoms with Crippen LogP contribution < -0.4 is 0 Å². The lowest BCUT2D eigenvalue weighted by molar-refractivity contribution is -0.152. The minimum Gasteiger partial charge on any atom is -0.469 e. The molecule has 2 rings (SSSR count). The predicted octanol–water partition coefficient (Wildman–Crippen LogP) is 4.18. The lowest BCUT2D eigenvalue weighted by Gasteiger charge is -2.22. The number of unbranched alkanes of at least 4 members (excludes halogenated alkanes) is 2. The molecular weight excluding hydrogens is 413 g/mol. The van der Waals surface area contributed by atoms with Crippen molar-refractivity contribution in [2.45, 2.75) is 51.2 Å². The number of carbonyl (C=O) groups is 2. The van der Waals surface area contributed by atoms with Gasteiger partial charge in [-0.05, 0) is 37.7 Å². The number of hydrogen-bond acceptors (Lipinski definition) is 6. The molecule has 0 N–H and O–H groups in total. The third kappa shape index (κ3) is 9.69. The van der Waals surface area contributed by atoms with Crippen LogP contribution in [0.25, 0.3) is 0 Å². The number of benzene rings is 1. The molecule has 1 aromatic carbocycles. The van der Waals surface area contributed by atoms with Gasteiger partial charge in [-0.15, -0.1) is 12.4 Å². The number of rotatable bonds is 12. The van der Waals surface area contributed by atoms with Crippen molar-refractivity contribution in [2.24, 2.45) is 0 Å². The lowest BCUT2D eigenvalue weighted by Crippen LogP contribution is -2.38. The van der Waals surface area contributed by atoms with Gasteiger partial charge in [0.05, 0.1) is 13.7 Å². The van der Waals surface area contributed by atoms with Gasteiger partial charge in [-0.25, -0.2) is 4.39 Å². The molecule has 1 saturated heterocycles. The van der Waals surface area contributed by atoms with E-state index in [4.69, 9.17) is 9.47 Å². The largest absolute Gasteiger partial charge is 0.469 e. The van der Waals surface area contributed by atoms with Crippen LogP contribution in [0.5, 0.6) is 0 Å². The van der Waals surface area contributed by atoms with Gasteiger partial charge in [0.25, 0.3) is 0 Å².